The van der Waals surface area contributed by atoms with E-state index in [-0.39, 0.29) is 10.6 Å². The Morgan fingerprint density at radius 1 is 1.15 bits per heavy atom. The Hall–Kier alpha value is -1.55. The van der Waals surface area contributed by atoms with Gasteiger partial charge in [0, 0.05) is 25.8 Å². The number of benzene rings is 1. The van der Waals surface area contributed by atoms with E-state index in [2.05, 4.69) is 28.4 Å². The number of pyridine rings is 1. The summed E-state index contributed by atoms with van der Waals surface area (Å²) < 4.78 is 31.1. The maximum absolute atomic E-state index is 13.5. The minimum atomic E-state index is -3.58. The van der Waals surface area contributed by atoms with E-state index in [4.69, 9.17) is 0 Å². The number of rotatable bonds is 8. The lowest BCUT2D eigenvalue weighted by Crippen LogP contribution is -2.44. The second-order valence-electron chi connectivity index (χ2n) is 8.94. The Morgan fingerprint density at radius 3 is 2.52 bits per heavy atom. The van der Waals surface area contributed by atoms with Gasteiger partial charge in [0.15, 0.2) is 0 Å². The molecule has 0 bridgehead atoms. The smallest absolute Gasteiger partial charge is 0.243 e. The number of sulfonamides is 1. The maximum atomic E-state index is 13.5. The molecular formula is C24H32N4O2S3. The Bertz CT molecular complexity index is 1190. The molecule has 0 amide bonds. The first-order valence-electron chi connectivity index (χ1n) is 11.3. The van der Waals surface area contributed by atoms with Gasteiger partial charge in [0.2, 0.25) is 10.0 Å². The molecule has 1 aromatic carbocycles. The van der Waals surface area contributed by atoms with Crippen molar-refractivity contribution in [2.24, 2.45) is 5.92 Å². The summed E-state index contributed by atoms with van der Waals surface area (Å²) in [6, 6.07) is 9.25. The largest absolute Gasteiger partial charge is 0.324 e. The van der Waals surface area contributed by atoms with Crippen LogP contribution in [0, 0.1) is 12.8 Å². The van der Waals surface area contributed by atoms with Crippen molar-refractivity contribution in [3.8, 4) is 0 Å². The van der Waals surface area contributed by atoms with Gasteiger partial charge in [0.05, 0.1) is 21.2 Å². The van der Waals surface area contributed by atoms with Crippen LogP contribution in [-0.2, 0) is 16.6 Å². The van der Waals surface area contributed by atoms with E-state index < -0.39 is 10.0 Å². The van der Waals surface area contributed by atoms with Crippen molar-refractivity contribution in [2.45, 2.75) is 55.7 Å². The molecule has 0 saturated carbocycles. The molecule has 1 aliphatic heterocycles. The van der Waals surface area contributed by atoms with Crippen molar-refractivity contribution >= 4 is 44.6 Å². The fraction of sp³-hybridized carbons (Fsp3) is 0.500. The summed E-state index contributed by atoms with van der Waals surface area (Å²) in [5, 5.41) is 0. The van der Waals surface area contributed by atoms with Crippen molar-refractivity contribution in [2.75, 3.05) is 18.6 Å². The van der Waals surface area contributed by atoms with E-state index >= 15 is 0 Å². The second-order valence-corrected chi connectivity index (χ2v) is 13.7. The molecule has 1 aliphatic rings. The highest BCUT2D eigenvalue weighted by Gasteiger charge is 2.35. The molecule has 0 aliphatic carbocycles. The predicted molar refractivity (Wildman–Crippen MR) is 139 cm³/mol. The van der Waals surface area contributed by atoms with E-state index in [0.717, 1.165) is 40.3 Å². The summed E-state index contributed by atoms with van der Waals surface area (Å²) >= 11 is 3.81. The van der Waals surface area contributed by atoms with Gasteiger partial charge >= 0.3 is 0 Å². The summed E-state index contributed by atoms with van der Waals surface area (Å²) in [6.07, 6.45) is 5.59. The van der Waals surface area contributed by atoms with Crippen LogP contribution in [0.2, 0.25) is 0 Å². The lowest BCUT2D eigenvalue weighted by Gasteiger charge is -2.36. The average molecular weight is 505 g/mol. The van der Waals surface area contributed by atoms with Crippen LogP contribution < -0.4 is 0 Å². The second kappa shape index (κ2) is 10.4. The van der Waals surface area contributed by atoms with Crippen LogP contribution in [0.25, 0.3) is 11.0 Å². The minimum Gasteiger partial charge on any atom is -0.324 e. The predicted octanol–water partition coefficient (Wildman–Crippen LogP) is 5.02. The maximum Gasteiger partial charge on any atom is 0.243 e. The average Bonchev–Trinajstić information content (AvgIpc) is 3.13. The number of imidazole rings is 1. The Kier molecular flexibility index (Phi) is 7.73. The van der Waals surface area contributed by atoms with Crippen molar-refractivity contribution < 1.29 is 8.42 Å². The van der Waals surface area contributed by atoms with Gasteiger partial charge in [-0.15, -0.1) is 23.5 Å². The van der Waals surface area contributed by atoms with Crippen LogP contribution in [0.1, 0.15) is 38.1 Å². The number of fused-ring (bicyclic) bond motifs is 1. The molecule has 0 spiro atoms. The van der Waals surface area contributed by atoms with Gasteiger partial charge in [-0.2, -0.15) is 4.31 Å². The molecule has 1 saturated heterocycles. The Labute approximate surface area is 205 Å². The third-order valence-corrected chi connectivity index (χ3v) is 11.1. The van der Waals surface area contributed by atoms with Gasteiger partial charge in [-0.3, -0.25) is 4.98 Å². The monoisotopic (exact) mass is 504 g/mol. The van der Waals surface area contributed by atoms with Crippen molar-refractivity contribution in [3.05, 3.63) is 54.1 Å². The molecule has 0 radical (unpaired) electrons. The topological polar surface area (TPSA) is 68.1 Å². The fourth-order valence-corrected chi connectivity index (χ4v) is 9.03. The highest BCUT2D eigenvalue weighted by molar-refractivity contribution is 8.17. The van der Waals surface area contributed by atoms with Crippen LogP contribution >= 0.6 is 23.5 Å². The van der Waals surface area contributed by atoms with Crippen molar-refractivity contribution in [1.82, 2.24) is 18.8 Å². The molecule has 1 atom stereocenters. The third-order valence-electron chi connectivity index (χ3n) is 6.03. The first-order chi connectivity index (χ1) is 15.8. The highest BCUT2D eigenvalue weighted by atomic mass is 32.2. The first-order valence-corrected chi connectivity index (χ1v) is 14.9. The molecule has 178 valence electrons. The normalized spacial score (nSPS) is 16.7. The van der Waals surface area contributed by atoms with E-state index in [1.54, 1.807) is 35.9 Å². The van der Waals surface area contributed by atoms with E-state index in [0.29, 0.717) is 17.4 Å². The Morgan fingerprint density at radius 2 is 1.85 bits per heavy atom. The molecule has 2 aromatic heterocycles. The molecule has 9 heteroatoms. The van der Waals surface area contributed by atoms with Crippen molar-refractivity contribution in [1.29, 1.82) is 0 Å². The van der Waals surface area contributed by atoms with Gasteiger partial charge in [-0.05, 0) is 61.0 Å². The summed E-state index contributed by atoms with van der Waals surface area (Å²) in [6.45, 7) is 6.94. The van der Waals surface area contributed by atoms with Crippen LogP contribution in [0.5, 0.6) is 0 Å². The molecule has 4 rings (SSSR count). The number of hydrogen-bond acceptors (Lipinski definition) is 6. The summed E-state index contributed by atoms with van der Waals surface area (Å²) in [5.74, 6) is 3.55. The number of thioether (sulfide) groups is 2. The molecule has 33 heavy (non-hydrogen) atoms. The lowest BCUT2D eigenvalue weighted by molar-refractivity contribution is 0.334. The number of nitrogens with zero attached hydrogens (tertiary/aromatic N) is 4. The molecule has 3 heterocycles. The van der Waals surface area contributed by atoms with Gasteiger partial charge in [-0.25, -0.2) is 13.4 Å². The van der Waals surface area contributed by atoms with E-state index in [9.17, 15) is 8.42 Å². The molecule has 6 nitrogen and oxygen atoms in total. The van der Waals surface area contributed by atoms with Crippen LogP contribution in [-0.4, -0.2) is 56.4 Å². The van der Waals surface area contributed by atoms with Crippen LogP contribution in [0.15, 0.2) is 47.6 Å². The summed E-state index contributed by atoms with van der Waals surface area (Å²) in [7, 11) is -1.82. The quantitative estimate of drug-likeness (QED) is 0.429. The molecule has 1 unspecified atom stereocenters. The van der Waals surface area contributed by atoms with Gasteiger partial charge in [0.25, 0.3) is 0 Å². The van der Waals surface area contributed by atoms with Gasteiger partial charge < -0.3 is 4.57 Å². The minimum absolute atomic E-state index is 0.0152. The lowest BCUT2D eigenvalue weighted by atomic mass is 10.1. The van der Waals surface area contributed by atoms with Crippen LogP contribution in [0.4, 0.5) is 0 Å². The van der Waals surface area contributed by atoms with Crippen molar-refractivity contribution in [3.63, 3.8) is 0 Å². The highest BCUT2D eigenvalue weighted by Crippen LogP contribution is 2.38. The summed E-state index contributed by atoms with van der Waals surface area (Å²) in [4.78, 5) is 9.07. The van der Waals surface area contributed by atoms with E-state index in [1.165, 1.54) is 6.42 Å². The van der Waals surface area contributed by atoms with Crippen LogP contribution in [0.3, 0.4) is 0 Å². The van der Waals surface area contributed by atoms with E-state index in [1.807, 2.05) is 48.6 Å². The fourth-order valence-electron chi connectivity index (χ4n) is 4.24. The zero-order valence-corrected chi connectivity index (χ0v) is 22.1. The third kappa shape index (κ3) is 5.42. The Balaban J connectivity index is 1.55. The van der Waals surface area contributed by atoms with Gasteiger partial charge in [-0.1, -0.05) is 26.0 Å². The SMILES string of the molecule is Cc1nc2cnccc2n1Cc1ccc(S(=O)(=O)N(C)C(CC(C)C)C2SCCCS2)cc1. The number of aryl methyl sites for hydroxylation is 1. The first kappa shape index (κ1) is 24.6. The zero-order chi connectivity index (χ0) is 23.6. The molecular weight excluding hydrogens is 472 g/mol. The van der Waals surface area contributed by atoms with Gasteiger partial charge in [0.1, 0.15) is 11.3 Å². The molecule has 3 aromatic rings. The standard InChI is InChI=1S/C24H32N4O2S3/c1-17(2)14-23(24-31-12-5-13-32-24)27(4)33(29,30)20-8-6-19(7-9-20)16-28-18(3)26-21-15-25-11-10-22(21)28/h6-11,15,17,23-24H,5,12-14,16H2,1-4H3. The zero-order valence-electron chi connectivity index (χ0n) is 19.6. The number of hydrogen-bond donors (Lipinski definition) is 0. The summed E-state index contributed by atoms with van der Waals surface area (Å²) in [5.41, 5.74) is 2.93. The molecule has 0 N–H and O–H groups in total. The number of aromatic nitrogens is 3. The molecule has 1 fully saturated rings.